The van der Waals surface area contributed by atoms with Gasteiger partial charge in [-0.3, -0.25) is 0 Å². The van der Waals surface area contributed by atoms with Crippen molar-refractivity contribution in [3.05, 3.63) is 11.6 Å². The third kappa shape index (κ3) is 5.87. The summed E-state index contributed by atoms with van der Waals surface area (Å²) in [7, 11) is 0. The minimum absolute atomic E-state index is 1.30. The number of unbranched alkanes of at least 4 members (excludes halogenated alkanes) is 3. The third-order valence-corrected chi connectivity index (χ3v) is 1.92. The van der Waals surface area contributed by atoms with E-state index in [1.54, 1.807) is 0 Å². The van der Waals surface area contributed by atoms with Crippen molar-refractivity contribution in [1.29, 1.82) is 0 Å². The first-order valence-electron chi connectivity index (χ1n) is 4.43. The summed E-state index contributed by atoms with van der Waals surface area (Å²) in [4.78, 5) is 0. The molecule has 0 spiro atoms. The van der Waals surface area contributed by atoms with Crippen LogP contribution in [-0.4, -0.2) is 0 Å². The van der Waals surface area contributed by atoms with Gasteiger partial charge in [0.05, 0.1) is 0 Å². The highest BCUT2D eigenvalue weighted by Gasteiger charge is 1.88. The molecule has 0 aliphatic carbocycles. The summed E-state index contributed by atoms with van der Waals surface area (Å²) in [5, 5.41) is 0. The lowest BCUT2D eigenvalue weighted by molar-refractivity contribution is 0.664. The maximum Gasteiger partial charge on any atom is -0.0323 e. The summed E-state index contributed by atoms with van der Waals surface area (Å²) in [5.41, 5.74) is 1.54. The Bertz CT molecular complexity index is 90.2. The Morgan fingerprint density at radius 2 is 1.90 bits per heavy atom. The van der Waals surface area contributed by atoms with Crippen molar-refractivity contribution in [3.63, 3.8) is 0 Å². The van der Waals surface area contributed by atoms with Crippen LogP contribution in [0.15, 0.2) is 11.6 Å². The molecule has 0 saturated heterocycles. The minimum Gasteiger partial charge on any atom is -0.0887 e. The Morgan fingerprint density at radius 1 is 1.20 bits per heavy atom. The van der Waals surface area contributed by atoms with Gasteiger partial charge < -0.3 is 0 Å². The average Bonchev–Trinajstić information content (AvgIpc) is 1.98. The van der Waals surface area contributed by atoms with Gasteiger partial charge in [0.2, 0.25) is 0 Å². The lowest BCUT2D eigenvalue weighted by Gasteiger charge is -1.98. The highest BCUT2D eigenvalue weighted by Crippen LogP contribution is 2.08. The maximum atomic E-state index is 2.25. The average molecular weight is 140 g/mol. The van der Waals surface area contributed by atoms with E-state index in [0.717, 1.165) is 0 Å². The van der Waals surface area contributed by atoms with Crippen LogP contribution in [0.2, 0.25) is 0 Å². The number of hydrogen-bond donors (Lipinski definition) is 0. The van der Waals surface area contributed by atoms with Gasteiger partial charge in [0.1, 0.15) is 0 Å². The van der Waals surface area contributed by atoms with E-state index in [4.69, 9.17) is 0 Å². The van der Waals surface area contributed by atoms with Crippen LogP contribution in [0.5, 0.6) is 0 Å². The van der Waals surface area contributed by atoms with Crippen LogP contribution in [0.3, 0.4) is 0 Å². The molecule has 0 rings (SSSR count). The van der Waals surface area contributed by atoms with E-state index in [-0.39, 0.29) is 0 Å². The highest BCUT2D eigenvalue weighted by atomic mass is 13.9. The molecule has 0 heterocycles. The number of rotatable bonds is 5. The maximum absolute atomic E-state index is 2.25. The molecule has 0 atom stereocenters. The van der Waals surface area contributed by atoms with E-state index < -0.39 is 0 Å². The Kier molecular flexibility index (Phi) is 6.68. The smallest absolute Gasteiger partial charge is 0.0323 e. The second kappa shape index (κ2) is 6.85. The zero-order valence-corrected chi connectivity index (χ0v) is 7.61. The quantitative estimate of drug-likeness (QED) is 0.401. The fourth-order valence-corrected chi connectivity index (χ4v) is 0.975. The standard InChI is InChI=1S/C10H20/c1-4-6-7-8-9-10(3)5-2/h5H,4,6-9H2,1-3H3/b10-5+. The molecule has 0 unspecified atom stereocenters. The van der Waals surface area contributed by atoms with E-state index in [1.807, 2.05) is 0 Å². The van der Waals surface area contributed by atoms with Gasteiger partial charge in [-0.25, -0.2) is 0 Å². The van der Waals surface area contributed by atoms with Crippen LogP contribution in [0.25, 0.3) is 0 Å². The van der Waals surface area contributed by atoms with Crippen LogP contribution in [0.4, 0.5) is 0 Å². The topological polar surface area (TPSA) is 0 Å². The molecule has 0 radical (unpaired) electrons. The van der Waals surface area contributed by atoms with Crippen molar-refractivity contribution in [1.82, 2.24) is 0 Å². The van der Waals surface area contributed by atoms with Gasteiger partial charge in [-0.15, -0.1) is 0 Å². The van der Waals surface area contributed by atoms with Crippen LogP contribution in [0.1, 0.15) is 52.9 Å². The van der Waals surface area contributed by atoms with Crippen LogP contribution in [0, 0.1) is 0 Å². The monoisotopic (exact) mass is 140 g/mol. The first-order chi connectivity index (χ1) is 4.81. The molecule has 0 aromatic heterocycles. The zero-order valence-electron chi connectivity index (χ0n) is 7.61. The summed E-state index contributed by atoms with van der Waals surface area (Å²) >= 11 is 0. The summed E-state index contributed by atoms with van der Waals surface area (Å²) < 4.78 is 0. The number of allylic oxidation sites excluding steroid dienone is 2. The molecule has 0 heteroatoms. The van der Waals surface area contributed by atoms with Gasteiger partial charge in [0.15, 0.2) is 0 Å². The Balaban J connectivity index is 3.04. The van der Waals surface area contributed by atoms with E-state index in [9.17, 15) is 0 Å². The molecule has 0 bridgehead atoms. The predicted molar refractivity (Wildman–Crippen MR) is 48.2 cm³/mol. The molecular weight excluding hydrogens is 120 g/mol. The summed E-state index contributed by atoms with van der Waals surface area (Å²) in [6.07, 6.45) is 9.04. The SMILES string of the molecule is C/C=C(\C)CCCCCC. The van der Waals surface area contributed by atoms with Crippen molar-refractivity contribution in [2.45, 2.75) is 52.9 Å². The van der Waals surface area contributed by atoms with Gasteiger partial charge in [-0.05, 0) is 26.7 Å². The van der Waals surface area contributed by atoms with Crippen LogP contribution >= 0.6 is 0 Å². The van der Waals surface area contributed by atoms with Crippen molar-refractivity contribution in [2.75, 3.05) is 0 Å². The molecule has 0 aliphatic rings. The minimum atomic E-state index is 1.30. The predicted octanol–water partition coefficient (Wildman–Crippen LogP) is 3.92. The van der Waals surface area contributed by atoms with Crippen LogP contribution < -0.4 is 0 Å². The van der Waals surface area contributed by atoms with Gasteiger partial charge in [0.25, 0.3) is 0 Å². The van der Waals surface area contributed by atoms with Gasteiger partial charge in [0, 0.05) is 0 Å². The summed E-state index contributed by atoms with van der Waals surface area (Å²) in [6.45, 7) is 6.59. The van der Waals surface area contributed by atoms with E-state index >= 15 is 0 Å². The summed E-state index contributed by atoms with van der Waals surface area (Å²) in [6, 6.07) is 0. The van der Waals surface area contributed by atoms with Gasteiger partial charge >= 0.3 is 0 Å². The second-order valence-corrected chi connectivity index (χ2v) is 2.95. The van der Waals surface area contributed by atoms with Crippen molar-refractivity contribution < 1.29 is 0 Å². The van der Waals surface area contributed by atoms with E-state index in [1.165, 1.54) is 37.7 Å². The molecule has 0 aromatic rings. The molecule has 0 saturated carbocycles. The van der Waals surface area contributed by atoms with Crippen molar-refractivity contribution >= 4 is 0 Å². The fraction of sp³-hybridized carbons (Fsp3) is 0.800. The van der Waals surface area contributed by atoms with E-state index in [0.29, 0.717) is 0 Å². The lowest BCUT2D eigenvalue weighted by atomic mass is 10.1. The second-order valence-electron chi connectivity index (χ2n) is 2.95. The molecule has 0 N–H and O–H groups in total. The van der Waals surface area contributed by atoms with Gasteiger partial charge in [-0.1, -0.05) is 37.8 Å². The Hall–Kier alpha value is -0.260. The van der Waals surface area contributed by atoms with Gasteiger partial charge in [-0.2, -0.15) is 0 Å². The van der Waals surface area contributed by atoms with Crippen molar-refractivity contribution in [2.24, 2.45) is 0 Å². The molecule has 10 heavy (non-hydrogen) atoms. The van der Waals surface area contributed by atoms with Crippen LogP contribution in [-0.2, 0) is 0 Å². The number of hydrogen-bond acceptors (Lipinski definition) is 0. The molecule has 60 valence electrons. The highest BCUT2D eigenvalue weighted by molar-refractivity contribution is 4.94. The lowest BCUT2D eigenvalue weighted by Crippen LogP contribution is -1.78. The molecule has 0 nitrogen and oxygen atoms in total. The Labute approximate surface area is 65.3 Å². The first-order valence-corrected chi connectivity index (χ1v) is 4.43. The fourth-order valence-electron chi connectivity index (χ4n) is 0.975. The summed E-state index contributed by atoms with van der Waals surface area (Å²) in [5.74, 6) is 0. The molecular formula is C10H20. The third-order valence-electron chi connectivity index (χ3n) is 1.92. The van der Waals surface area contributed by atoms with Crippen molar-refractivity contribution in [3.8, 4) is 0 Å². The first kappa shape index (κ1) is 9.74. The zero-order chi connectivity index (χ0) is 7.82. The molecule has 0 amide bonds. The normalized spacial score (nSPS) is 12.1. The molecule has 0 aromatic carbocycles. The molecule has 0 fully saturated rings. The Morgan fingerprint density at radius 3 is 2.40 bits per heavy atom. The van der Waals surface area contributed by atoms with E-state index in [2.05, 4.69) is 26.8 Å². The molecule has 0 aliphatic heterocycles. The largest absolute Gasteiger partial charge is 0.0887 e.